The molecular formula is C82H154O13. The van der Waals surface area contributed by atoms with Crippen LogP contribution in [0.3, 0.4) is 0 Å². The third-order valence-electron chi connectivity index (χ3n) is 19.0. The number of unbranched alkanes of at least 4 members (excludes halogenated alkanes) is 48. The maximum atomic E-state index is 13.8. The molecule has 0 N–H and O–H groups in total. The van der Waals surface area contributed by atoms with Gasteiger partial charge in [0.15, 0.2) is 0 Å². The molecule has 95 heavy (non-hydrogen) atoms. The summed E-state index contributed by atoms with van der Waals surface area (Å²) in [6.45, 7) is 11.3. The standard InChI is InChI=1S/C82H154O13/c1-7-13-19-25-31-37-43-49-55-61-75(83)90-69-81(70-91-76(84)62-56-50-44-38-32-26-20-14-8-2,71-92-77(85)63-57-51-45-39-33-27-21-15-9-3)67-89-68-82(72-93-78(86)64-58-52-46-40-34-28-22-16-10-4,73-94-79(87)65-59-53-47-41-35-29-23-17-11-5)74-95-80(88)66-60-54-48-42-36-30-24-18-12-6/h7-74H2,1-6H3. The van der Waals surface area contributed by atoms with E-state index in [-0.39, 0.29) is 91.4 Å². The second kappa shape index (κ2) is 70.6. The van der Waals surface area contributed by atoms with E-state index in [4.69, 9.17) is 33.2 Å². The van der Waals surface area contributed by atoms with E-state index in [0.717, 1.165) is 116 Å². The van der Waals surface area contributed by atoms with Crippen molar-refractivity contribution in [2.45, 2.75) is 427 Å². The first kappa shape index (κ1) is 91.8. The molecule has 0 spiro atoms. The Hall–Kier alpha value is -3.22. The van der Waals surface area contributed by atoms with Crippen molar-refractivity contribution in [3.05, 3.63) is 0 Å². The van der Waals surface area contributed by atoms with Crippen molar-refractivity contribution in [3.63, 3.8) is 0 Å². The molecule has 0 bridgehead atoms. The molecule has 0 aromatic heterocycles. The van der Waals surface area contributed by atoms with Crippen molar-refractivity contribution in [1.82, 2.24) is 0 Å². The zero-order valence-electron chi connectivity index (χ0n) is 63.4. The molecule has 0 aliphatic carbocycles. The topological polar surface area (TPSA) is 167 Å². The zero-order chi connectivity index (χ0) is 69.5. The molecule has 0 saturated heterocycles. The summed E-state index contributed by atoms with van der Waals surface area (Å²) < 4.78 is 43.5. The quantitative estimate of drug-likeness (QED) is 0.0321. The van der Waals surface area contributed by atoms with Gasteiger partial charge in [0.25, 0.3) is 0 Å². The molecule has 0 amide bonds. The number of hydrogen-bond donors (Lipinski definition) is 0. The second-order valence-corrected chi connectivity index (χ2v) is 28.9. The van der Waals surface area contributed by atoms with Crippen LogP contribution in [0.4, 0.5) is 0 Å². The average molecular weight is 1350 g/mol. The van der Waals surface area contributed by atoms with Crippen LogP contribution in [-0.2, 0) is 61.9 Å². The van der Waals surface area contributed by atoms with E-state index < -0.39 is 46.6 Å². The lowest BCUT2D eigenvalue weighted by molar-refractivity contribution is -0.175. The summed E-state index contributed by atoms with van der Waals surface area (Å²) in [7, 11) is 0. The van der Waals surface area contributed by atoms with Gasteiger partial charge in [0, 0.05) is 38.5 Å². The maximum absolute atomic E-state index is 13.8. The van der Waals surface area contributed by atoms with Gasteiger partial charge in [-0.2, -0.15) is 0 Å². The minimum absolute atomic E-state index is 0.214. The van der Waals surface area contributed by atoms with Crippen molar-refractivity contribution < 1.29 is 61.9 Å². The maximum Gasteiger partial charge on any atom is 0.305 e. The molecular weight excluding hydrogens is 1190 g/mol. The summed E-state index contributed by atoms with van der Waals surface area (Å²) in [6.07, 6.45) is 60.7. The summed E-state index contributed by atoms with van der Waals surface area (Å²) in [6, 6.07) is 0. The molecule has 0 saturated carbocycles. The van der Waals surface area contributed by atoms with Crippen LogP contribution in [0.25, 0.3) is 0 Å². The van der Waals surface area contributed by atoms with Crippen LogP contribution in [0.15, 0.2) is 0 Å². The number of carbonyl (C=O) groups excluding carboxylic acids is 6. The lowest BCUT2D eigenvalue weighted by atomic mass is 9.90. The van der Waals surface area contributed by atoms with Crippen LogP contribution in [0.2, 0.25) is 0 Å². The van der Waals surface area contributed by atoms with E-state index in [0.29, 0.717) is 38.5 Å². The second-order valence-electron chi connectivity index (χ2n) is 28.9. The van der Waals surface area contributed by atoms with Crippen molar-refractivity contribution in [2.24, 2.45) is 10.8 Å². The van der Waals surface area contributed by atoms with Crippen LogP contribution in [0.5, 0.6) is 0 Å². The Morgan fingerprint density at radius 2 is 0.284 bits per heavy atom. The van der Waals surface area contributed by atoms with Crippen molar-refractivity contribution >= 4 is 35.8 Å². The molecule has 0 radical (unpaired) electrons. The predicted molar refractivity (Wildman–Crippen MR) is 393 cm³/mol. The molecule has 0 aliphatic heterocycles. The molecule has 13 heteroatoms. The average Bonchev–Trinajstić information content (AvgIpc) is 1.19. The van der Waals surface area contributed by atoms with Gasteiger partial charge in [-0.3, -0.25) is 28.8 Å². The summed E-state index contributed by atoms with van der Waals surface area (Å²) in [5.41, 5.74) is -2.71. The number of rotatable bonds is 76. The summed E-state index contributed by atoms with van der Waals surface area (Å²) >= 11 is 0. The largest absolute Gasteiger partial charge is 0.465 e. The van der Waals surface area contributed by atoms with Gasteiger partial charge in [-0.05, 0) is 38.5 Å². The monoisotopic (exact) mass is 1350 g/mol. The van der Waals surface area contributed by atoms with E-state index in [9.17, 15) is 28.8 Å². The Morgan fingerprint density at radius 3 is 0.411 bits per heavy atom. The van der Waals surface area contributed by atoms with Gasteiger partial charge < -0.3 is 33.2 Å². The van der Waals surface area contributed by atoms with Gasteiger partial charge in [0.05, 0.1) is 24.0 Å². The van der Waals surface area contributed by atoms with E-state index in [1.807, 2.05) is 0 Å². The third-order valence-corrected chi connectivity index (χ3v) is 19.0. The molecule has 0 aliphatic rings. The number of ether oxygens (including phenoxy) is 7. The Morgan fingerprint density at radius 1 is 0.168 bits per heavy atom. The minimum Gasteiger partial charge on any atom is -0.465 e. The lowest BCUT2D eigenvalue weighted by Gasteiger charge is -2.35. The van der Waals surface area contributed by atoms with E-state index in [1.165, 1.54) is 193 Å². The van der Waals surface area contributed by atoms with Crippen LogP contribution < -0.4 is 0 Å². The summed E-state index contributed by atoms with van der Waals surface area (Å²) in [5, 5.41) is 0. The molecule has 0 unspecified atom stereocenters. The first-order valence-corrected chi connectivity index (χ1v) is 41.0. The van der Waals surface area contributed by atoms with Gasteiger partial charge in [-0.25, -0.2) is 0 Å². The molecule has 0 heterocycles. The van der Waals surface area contributed by atoms with Crippen LogP contribution in [0.1, 0.15) is 427 Å². The molecule has 560 valence electrons. The van der Waals surface area contributed by atoms with Crippen molar-refractivity contribution in [2.75, 3.05) is 52.9 Å². The molecule has 0 atom stereocenters. The summed E-state index contributed by atoms with van der Waals surface area (Å²) in [4.78, 5) is 82.5. The molecule has 0 fully saturated rings. The first-order valence-electron chi connectivity index (χ1n) is 41.0. The Kier molecular flexibility index (Phi) is 68.2. The van der Waals surface area contributed by atoms with Gasteiger partial charge >= 0.3 is 35.8 Å². The number of carbonyl (C=O) groups is 6. The Labute approximate surface area is 585 Å². The van der Waals surface area contributed by atoms with Crippen LogP contribution in [-0.4, -0.2) is 88.7 Å². The van der Waals surface area contributed by atoms with Gasteiger partial charge in [0.2, 0.25) is 0 Å². The highest BCUT2D eigenvalue weighted by Crippen LogP contribution is 2.29. The minimum atomic E-state index is -1.35. The molecule has 0 aromatic carbocycles. The lowest BCUT2D eigenvalue weighted by Crippen LogP contribution is -2.47. The van der Waals surface area contributed by atoms with Crippen LogP contribution >= 0.6 is 0 Å². The van der Waals surface area contributed by atoms with Gasteiger partial charge in [-0.15, -0.1) is 0 Å². The molecule has 0 rings (SSSR count). The van der Waals surface area contributed by atoms with Crippen molar-refractivity contribution in [3.8, 4) is 0 Å². The van der Waals surface area contributed by atoms with E-state index >= 15 is 0 Å². The predicted octanol–water partition coefficient (Wildman–Crippen LogP) is 23.8. The molecule has 0 aromatic rings. The fourth-order valence-electron chi connectivity index (χ4n) is 12.3. The van der Waals surface area contributed by atoms with E-state index in [2.05, 4.69) is 41.5 Å². The number of esters is 6. The normalized spacial score (nSPS) is 11.7. The first-order chi connectivity index (χ1) is 46.4. The highest BCUT2D eigenvalue weighted by atomic mass is 16.6. The fourth-order valence-corrected chi connectivity index (χ4v) is 12.3. The highest BCUT2D eigenvalue weighted by Gasteiger charge is 2.41. The SMILES string of the molecule is CCCCCCCCCCCC(=O)OCC(COCC(COC(=O)CCCCCCCCCCC)(COC(=O)CCCCCCCCCCC)COC(=O)CCCCCCCCCCC)(COC(=O)CCCCCCCCCCC)COC(=O)CCCCCCCCCCC. The molecule has 13 nitrogen and oxygen atoms in total. The summed E-state index contributed by atoms with van der Waals surface area (Å²) in [5.74, 6) is -2.39. The van der Waals surface area contributed by atoms with Crippen LogP contribution in [0, 0.1) is 10.8 Å². The zero-order valence-corrected chi connectivity index (χ0v) is 63.4. The fraction of sp³-hybridized carbons (Fsp3) is 0.927. The van der Waals surface area contributed by atoms with Gasteiger partial charge in [0.1, 0.15) is 39.6 Å². The van der Waals surface area contributed by atoms with E-state index in [1.54, 1.807) is 0 Å². The Balaban J connectivity index is 7.12. The third kappa shape index (κ3) is 62.8. The Bertz CT molecular complexity index is 1430. The van der Waals surface area contributed by atoms with Gasteiger partial charge in [-0.1, -0.05) is 350 Å². The smallest absolute Gasteiger partial charge is 0.305 e. The highest BCUT2D eigenvalue weighted by molar-refractivity contribution is 5.71. The number of hydrogen-bond acceptors (Lipinski definition) is 13. The van der Waals surface area contributed by atoms with Crippen molar-refractivity contribution in [1.29, 1.82) is 0 Å².